The van der Waals surface area contributed by atoms with Crippen molar-refractivity contribution < 1.29 is 48.3 Å². The Bertz CT molecular complexity index is 621. The normalized spacial score (nSPS) is 14.9. The van der Waals surface area contributed by atoms with Crippen molar-refractivity contribution >= 4 is 23.2 Å². The van der Waals surface area contributed by atoms with Gasteiger partial charge in [0.05, 0.1) is 5.02 Å². The second-order valence-corrected chi connectivity index (χ2v) is 5.26. The second kappa shape index (κ2) is 5.79. The summed E-state index contributed by atoms with van der Waals surface area (Å²) in [5.74, 6) is -28.3. The highest BCUT2D eigenvalue weighted by Gasteiger charge is 2.87. The molecular formula is C11H3Cl2F11. The molecule has 0 spiro atoms. The molecule has 0 amide bonds. The summed E-state index contributed by atoms with van der Waals surface area (Å²) in [6, 6.07) is 1.16. The third-order valence-electron chi connectivity index (χ3n) is 2.81. The molecule has 1 rings (SSSR count). The van der Waals surface area contributed by atoms with Crippen molar-refractivity contribution in [2.75, 3.05) is 0 Å². The molecule has 0 N–H and O–H groups in total. The molecule has 13 heteroatoms. The molecule has 0 unspecified atom stereocenters. The standard InChI is InChI=1S/C11H3Cl2F11/c12-4-1-2-6(13)5(3-4)7(14,15)8(16,17)9(18,19)10(20,21)11(22,23)24/h1-3H. The van der Waals surface area contributed by atoms with Crippen LogP contribution in [0.15, 0.2) is 18.2 Å². The van der Waals surface area contributed by atoms with Crippen molar-refractivity contribution in [2.45, 2.75) is 29.9 Å². The first-order chi connectivity index (χ1) is 10.4. The maximum Gasteiger partial charge on any atom is 0.460 e. The van der Waals surface area contributed by atoms with Crippen LogP contribution < -0.4 is 0 Å². The summed E-state index contributed by atoms with van der Waals surface area (Å²) < 4.78 is 142. The lowest BCUT2D eigenvalue weighted by Gasteiger charge is -2.37. The molecule has 138 valence electrons. The molecule has 0 atom stereocenters. The Balaban J connectivity index is 3.59. The molecule has 1 aromatic carbocycles. The molecule has 0 saturated carbocycles. The largest absolute Gasteiger partial charge is 0.460 e. The van der Waals surface area contributed by atoms with Crippen LogP contribution in [0.2, 0.25) is 10.0 Å². The molecule has 0 aliphatic heterocycles. The van der Waals surface area contributed by atoms with Gasteiger partial charge in [0.25, 0.3) is 0 Å². The molecule has 0 saturated heterocycles. The lowest BCUT2D eigenvalue weighted by Crippen LogP contribution is -2.65. The Morgan fingerprint density at radius 3 is 1.50 bits per heavy atom. The molecule has 1 aromatic rings. The Morgan fingerprint density at radius 1 is 0.625 bits per heavy atom. The molecule has 0 aromatic heterocycles. The Kier molecular flexibility index (Phi) is 5.08. The fourth-order valence-corrected chi connectivity index (χ4v) is 1.89. The van der Waals surface area contributed by atoms with E-state index in [4.69, 9.17) is 23.2 Å². The van der Waals surface area contributed by atoms with E-state index in [0.29, 0.717) is 6.07 Å². The topological polar surface area (TPSA) is 0 Å². The van der Waals surface area contributed by atoms with E-state index in [1.54, 1.807) is 0 Å². The zero-order valence-corrected chi connectivity index (χ0v) is 12.2. The summed E-state index contributed by atoms with van der Waals surface area (Å²) in [5, 5.41) is -2.02. The Morgan fingerprint density at radius 2 is 1.08 bits per heavy atom. The van der Waals surface area contributed by atoms with E-state index in [0.717, 1.165) is 6.07 Å². The van der Waals surface area contributed by atoms with Gasteiger partial charge in [0, 0.05) is 10.6 Å². The minimum atomic E-state index is -7.49. The molecule has 0 nitrogen and oxygen atoms in total. The predicted octanol–water partition coefficient (Wildman–Crippen LogP) is 6.55. The van der Waals surface area contributed by atoms with Crippen LogP contribution in [0.5, 0.6) is 0 Å². The van der Waals surface area contributed by atoms with Crippen LogP contribution in [-0.2, 0) is 5.92 Å². The first-order valence-corrected chi connectivity index (χ1v) is 6.20. The summed E-state index contributed by atoms with van der Waals surface area (Å²) in [6.07, 6.45) is -7.21. The third-order valence-corrected chi connectivity index (χ3v) is 3.37. The van der Waals surface area contributed by atoms with Gasteiger partial charge in [0.1, 0.15) is 0 Å². The SMILES string of the molecule is FC(F)(F)C(F)(F)C(F)(F)C(F)(F)C(F)(F)c1cc(Cl)ccc1Cl. The van der Waals surface area contributed by atoms with Crippen molar-refractivity contribution in [1.82, 2.24) is 0 Å². The minimum Gasteiger partial charge on any atom is -0.194 e. The van der Waals surface area contributed by atoms with Crippen LogP contribution in [0.25, 0.3) is 0 Å². The summed E-state index contributed by atoms with van der Waals surface area (Å²) in [5.41, 5.74) is -2.14. The molecule has 0 aliphatic carbocycles. The van der Waals surface area contributed by atoms with Crippen molar-refractivity contribution in [3.8, 4) is 0 Å². The van der Waals surface area contributed by atoms with Crippen LogP contribution in [0, 0.1) is 0 Å². The van der Waals surface area contributed by atoms with Gasteiger partial charge in [-0.25, -0.2) is 0 Å². The molecule has 0 bridgehead atoms. The number of hydrogen-bond acceptors (Lipinski definition) is 0. The molecule has 0 aliphatic rings. The van der Waals surface area contributed by atoms with Gasteiger partial charge in [-0.3, -0.25) is 0 Å². The van der Waals surface area contributed by atoms with Crippen LogP contribution in [0.1, 0.15) is 5.56 Å². The second-order valence-electron chi connectivity index (χ2n) is 4.42. The van der Waals surface area contributed by atoms with E-state index >= 15 is 0 Å². The van der Waals surface area contributed by atoms with Crippen LogP contribution >= 0.6 is 23.2 Å². The minimum absolute atomic E-state index is 0.0559. The van der Waals surface area contributed by atoms with Crippen molar-refractivity contribution in [2.24, 2.45) is 0 Å². The fraction of sp³-hybridized carbons (Fsp3) is 0.455. The van der Waals surface area contributed by atoms with E-state index in [-0.39, 0.29) is 6.07 Å². The fourth-order valence-electron chi connectivity index (χ4n) is 1.48. The van der Waals surface area contributed by atoms with Crippen LogP contribution in [0.3, 0.4) is 0 Å². The molecule has 0 radical (unpaired) electrons. The Hall–Kier alpha value is -0.970. The number of halogens is 13. The van der Waals surface area contributed by atoms with Gasteiger partial charge in [-0.1, -0.05) is 23.2 Å². The van der Waals surface area contributed by atoms with E-state index in [1.807, 2.05) is 0 Å². The monoisotopic (exact) mass is 414 g/mol. The average Bonchev–Trinajstić information content (AvgIpc) is 2.39. The van der Waals surface area contributed by atoms with Crippen molar-refractivity contribution in [3.05, 3.63) is 33.8 Å². The smallest absolute Gasteiger partial charge is 0.194 e. The average molecular weight is 415 g/mol. The Labute approximate surface area is 136 Å². The maximum absolute atomic E-state index is 13.7. The summed E-state index contributed by atoms with van der Waals surface area (Å²) >= 11 is 10.3. The molecule has 0 heterocycles. The van der Waals surface area contributed by atoms with Gasteiger partial charge in [-0.2, -0.15) is 48.3 Å². The predicted molar refractivity (Wildman–Crippen MR) is 61.3 cm³/mol. The number of alkyl halides is 11. The van der Waals surface area contributed by atoms with Crippen LogP contribution in [0.4, 0.5) is 48.3 Å². The summed E-state index contributed by atoms with van der Waals surface area (Å²) in [4.78, 5) is 0. The van der Waals surface area contributed by atoms with Gasteiger partial charge in [-0.15, -0.1) is 0 Å². The summed E-state index contributed by atoms with van der Waals surface area (Å²) in [7, 11) is 0. The lowest BCUT2D eigenvalue weighted by atomic mass is 9.93. The molecule has 24 heavy (non-hydrogen) atoms. The summed E-state index contributed by atoms with van der Waals surface area (Å²) in [6.45, 7) is 0. The quantitative estimate of drug-likeness (QED) is 0.490. The van der Waals surface area contributed by atoms with Gasteiger partial charge >= 0.3 is 29.9 Å². The molecular weight excluding hydrogens is 412 g/mol. The highest BCUT2D eigenvalue weighted by molar-refractivity contribution is 6.33. The first kappa shape index (κ1) is 21.1. The van der Waals surface area contributed by atoms with Gasteiger partial charge in [-0.05, 0) is 18.2 Å². The van der Waals surface area contributed by atoms with Gasteiger partial charge in [0.2, 0.25) is 0 Å². The van der Waals surface area contributed by atoms with Crippen molar-refractivity contribution in [3.63, 3.8) is 0 Å². The highest BCUT2D eigenvalue weighted by Crippen LogP contribution is 2.60. The number of hydrogen-bond donors (Lipinski definition) is 0. The van der Waals surface area contributed by atoms with Crippen LogP contribution in [-0.4, -0.2) is 23.9 Å². The van der Waals surface area contributed by atoms with E-state index in [9.17, 15) is 48.3 Å². The van der Waals surface area contributed by atoms with Gasteiger partial charge in [0.15, 0.2) is 0 Å². The molecule has 0 fully saturated rings. The maximum atomic E-state index is 13.7. The number of rotatable bonds is 4. The van der Waals surface area contributed by atoms with E-state index in [1.165, 1.54) is 0 Å². The van der Waals surface area contributed by atoms with E-state index < -0.39 is 45.5 Å². The lowest BCUT2D eigenvalue weighted by molar-refractivity contribution is -0.424. The van der Waals surface area contributed by atoms with Crippen molar-refractivity contribution in [1.29, 1.82) is 0 Å². The van der Waals surface area contributed by atoms with Gasteiger partial charge < -0.3 is 0 Å². The van der Waals surface area contributed by atoms with E-state index in [2.05, 4.69) is 0 Å². The first-order valence-electron chi connectivity index (χ1n) is 5.44. The highest BCUT2D eigenvalue weighted by atomic mass is 35.5. The zero-order valence-electron chi connectivity index (χ0n) is 10.6. The zero-order chi connectivity index (χ0) is 19.4. The third kappa shape index (κ3) is 2.89. The number of benzene rings is 1.